The van der Waals surface area contributed by atoms with Crippen molar-refractivity contribution in [2.24, 2.45) is 5.92 Å². The molecule has 2 unspecified atom stereocenters. The van der Waals surface area contributed by atoms with Crippen LogP contribution in [0.5, 0.6) is 0 Å². The van der Waals surface area contributed by atoms with Gasteiger partial charge in [-0.2, -0.15) is 0 Å². The standard InChI is InChI=1S/C14H28N2O3/c1-5-11(3)16(4)14(19)15-10-9-12(6-2)7-8-13(17)18/h11-12H,5-10H2,1-4H3,(H,15,19)(H,17,18). The van der Waals surface area contributed by atoms with Crippen molar-refractivity contribution in [2.45, 2.75) is 58.9 Å². The maximum absolute atomic E-state index is 11.8. The van der Waals surface area contributed by atoms with Crippen LogP contribution >= 0.6 is 0 Å². The Morgan fingerprint density at radius 2 is 1.84 bits per heavy atom. The van der Waals surface area contributed by atoms with Gasteiger partial charge in [-0.15, -0.1) is 0 Å². The second kappa shape index (κ2) is 9.64. The third-order valence-electron chi connectivity index (χ3n) is 3.74. The van der Waals surface area contributed by atoms with Gasteiger partial charge in [-0.25, -0.2) is 4.79 Å². The van der Waals surface area contributed by atoms with Crippen LogP contribution in [0.2, 0.25) is 0 Å². The molecule has 0 aliphatic carbocycles. The van der Waals surface area contributed by atoms with Crippen molar-refractivity contribution in [1.82, 2.24) is 10.2 Å². The average Bonchev–Trinajstić information content (AvgIpc) is 2.40. The number of nitrogens with zero attached hydrogens (tertiary/aromatic N) is 1. The molecule has 2 N–H and O–H groups in total. The van der Waals surface area contributed by atoms with Crippen LogP contribution < -0.4 is 5.32 Å². The minimum Gasteiger partial charge on any atom is -0.481 e. The third kappa shape index (κ3) is 7.70. The number of carbonyl (C=O) groups is 2. The van der Waals surface area contributed by atoms with Gasteiger partial charge in [0.15, 0.2) is 0 Å². The van der Waals surface area contributed by atoms with E-state index in [9.17, 15) is 9.59 Å². The van der Waals surface area contributed by atoms with Crippen LogP contribution in [-0.2, 0) is 4.79 Å². The van der Waals surface area contributed by atoms with Crippen molar-refractivity contribution in [1.29, 1.82) is 0 Å². The maximum Gasteiger partial charge on any atom is 0.317 e. The summed E-state index contributed by atoms with van der Waals surface area (Å²) in [6, 6.07) is 0.177. The Labute approximate surface area is 116 Å². The van der Waals surface area contributed by atoms with Crippen molar-refractivity contribution < 1.29 is 14.7 Å². The van der Waals surface area contributed by atoms with E-state index in [0.717, 1.165) is 19.3 Å². The molecule has 2 amide bonds. The SMILES string of the molecule is CCC(CCNC(=O)N(C)C(C)CC)CCC(=O)O. The summed E-state index contributed by atoms with van der Waals surface area (Å²) in [6.45, 7) is 6.73. The second-order valence-corrected chi connectivity index (χ2v) is 5.10. The molecule has 0 fully saturated rings. The molecule has 0 bridgehead atoms. The molecule has 5 heteroatoms. The number of hydrogen-bond donors (Lipinski definition) is 2. The summed E-state index contributed by atoms with van der Waals surface area (Å²) in [4.78, 5) is 24.0. The first-order valence-corrected chi connectivity index (χ1v) is 7.14. The van der Waals surface area contributed by atoms with Crippen LogP contribution in [0.3, 0.4) is 0 Å². The summed E-state index contributed by atoms with van der Waals surface area (Å²) in [7, 11) is 1.80. The maximum atomic E-state index is 11.8. The van der Waals surface area contributed by atoms with Crippen molar-refractivity contribution in [3.63, 3.8) is 0 Å². The Balaban J connectivity index is 3.92. The number of carboxylic acid groups (broad SMARTS) is 1. The number of nitrogens with one attached hydrogen (secondary N) is 1. The van der Waals surface area contributed by atoms with E-state index in [0.29, 0.717) is 18.9 Å². The van der Waals surface area contributed by atoms with Crippen LogP contribution in [0, 0.1) is 5.92 Å². The van der Waals surface area contributed by atoms with Crippen molar-refractivity contribution >= 4 is 12.0 Å². The topological polar surface area (TPSA) is 69.6 Å². The van der Waals surface area contributed by atoms with Gasteiger partial charge in [0, 0.05) is 26.1 Å². The number of carbonyl (C=O) groups excluding carboxylic acids is 1. The highest BCUT2D eigenvalue weighted by Crippen LogP contribution is 2.14. The van der Waals surface area contributed by atoms with Gasteiger partial charge < -0.3 is 15.3 Å². The first-order chi connectivity index (χ1) is 8.92. The minimum absolute atomic E-state index is 0.0533. The molecule has 0 saturated heterocycles. The van der Waals surface area contributed by atoms with Crippen LogP contribution in [0.15, 0.2) is 0 Å². The van der Waals surface area contributed by atoms with Crippen LogP contribution in [0.25, 0.3) is 0 Å². The fourth-order valence-electron chi connectivity index (χ4n) is 1.86. The molecule has 0 aliphatic rings. The monoisotopic (exact) mass is 272 g/mol. The van der Waals surface area contributed by atoms with Crippen LogP contribution in [0.4, 0.5) is 4.79 Å². The largest absolute Gasteiger partial charge is 0.481 e. The summed E-state index contributed by atoms with van der Waals surface area (Å²) in [5.41, 5.74) is 0. The number of carboxylic acids is 1. The lowest BCUT2D eigenvalue weighted by molar-refractivity contribution is -0.137. The quantitative estimate of drug-likeness (QED) is 0.678. The molecular weight excluding hydrogens is 244 g/mol. The van der Waals surface area contributed by atoms with E-state index in [1.165, 1.54) is 0 Å². The van der Waals surface area contributed by atoms with Crippen molar-refractivity contribution in [3.05, 3.63) is 0 Å². The highest BCUT2D eigenvalue weighted by molar-refractivity contribution is 5.74. The lowest BCUT2D eigenvalue weighted by Gasteiger charge is -2.24. The highest BCUT2D eigenvalue weighted by atomic mass is 16.4. The summed E-state index contributed by atoms with van der Waals surface area (Å²) in [5, 5.41) is 11.5. The molecule has 0 radical (unpaired) electrons. The van der Waals surface area contributed by atoms with E-state index >= 15 is 0 Å². The Bertz CT molecular complexity index is 282. The molecule has 0 heterocycles. The highest BCUT2D eigenvalue weighted by Gasteiger charge is 2.14. The smallest absolute Gasteiger partial charge is 0.317 e. The normalized spacial score (nSPS) is 13.7. The molecule has 0 aromatic carbocycles. The first-order valence-electron chi connectivity index (χ1n) is 7.14. The van der Waals surface area contributed by atoms with Crippen molar-refractivity contribution in [2.75, 3.05) is 13.6 Å². The van der Waals surface area contributed by atoms with Gasteiger partial charge in [0.1, 0.15) is 0 Å². The Kier molecular flexibility index (Phi) is 9.00. The number of hydrogen-bond acceptors (Lipinski definition) is 2. The zero-order valence-corrected chi connectivity index (χ0v) is 12.6. The summed E-state index contributed by atoms with van der Waals surface area (Å²) >= 11 is 0. The van der Waals surface area contributed by atoms with E-state index in [1.54, 1.807) is 11.9 Å². The average molecular weight is 272 g/mol. The minimum atomic E-state index is -0.751. The van der Waals surface area contributed by atoms with Gasteiger partial charge in [-0.1, -0.05) is 20.3 Å². The number of urea groups is 1. The predicted molar refractivity (Wildman–Crippen MR) is 76.2 cm³/mol. The number of rotatable bonds is 9. The summed E-state index contributed by atoms with van der Waals surface area (Å²) in [6.07, 6.45) is 3.61. The van der Waals surface area contributed by atoms with Gasteiger partial charge in [-0.05, 0) is 32.1 Å². The van der Waals surface area contributed by atoms with E-state index in [-0.39, 0.29) is 18.5 Å². The zero-order valence-electron chi connectivity index (χ0n) is 12.6. The number of amides is 2. The van der Waals surface area contributed by atoms with E-state index in [4.69, 9.17) is 5.11 Å². The molecule has 0 saturated carbocycles. The van der Waals surface area contributed by atoms with Crippen molar-refractivity contribution in [3.8, 4) is 0 Å². The lowest BCUT2D eigenvalue weighted by atomic mass is 9.97. The van der Waals surface area contributed by atoms with Gasteiger partial charge in [0.2, 0.25) is 0 Å². The lowest BCUT2D eigenvalue weighted by Crippen LogP contribution is -2.42. The zero-order chi connectivity index (χ0) is 14.8. The predicted octanol–water partition coefficient (Wildman–Crippen LogP) is 2.71. The van der Waals surface area contributed by atoms with E-state index in [1.807, 2.05) is 13.8 Å². The molecule has 112 valence electrons. The first kappa shape index (κ1) is 17.7. The molecule has 2 atom stereocenters. The molecule has 0 aliphatic heterocycles. The fourth-order valence-corrected chi connectivity index (χ4v) is 1.86. The summed E-state index contributed by atoms with van der Waals surface area (Å²) < 4.78 is 0. The number of aliphatic carboxylic acids is 1. The van der Waals surface area contributed by atoms with Crippen LogP contribution in [0.1, 0.15) is 52.9 Å². The van der Waals surface area contributed by atoms with E-state index < -0.39 is 5.97 Å². The summed E-state index contributed by atoms with van der Waals surface area (Å²) in [5.74, 6) is -0.385. The molecule has 5 nitrogen and oxygen atoms in total. The second-order valence-electron chi connectivity index (χ2n) is 5.10. The molecule has 0 aromatic rings. The molecule has 0 aromatic heterocycles. The fraction of sp³-hybridized carbons (Fsp3) is 0.857. The third-order valence-corrected chi connectivity index (χ3v) is 3.74. The Morgan fingerprint density at radius 3 is 2.32 bits per heavy atom. The van der Waals surface area contributed by atoms with Gasteiger partial charge in [0.05, 0.1) is 0 Å². The molecule has 19 heavy (non-hydrogen) atoms. The Hall–Kier alpha value is -1.26. The van der Waals surface area contributed by atoms with Gasteiger partial charge in [0.25, 0.3) is 0 Å². The molecular formula is C14H28N2O3. The van der Waals surface area contributed by atoms with Gasteiger partial charge in [-0.3, -0.25) is 4.79 Å². The van der Waals surface area contributed by atoms with Crippen LogP contribution in [-0.4, -0.2) is 41.6 Å². The molecule has 0 spiro atoms. The van der Waals surface area contributed by atoms with Gasteiger partial charge >= 0.3 is 12.0 Å². The molecule has 0 rings (SSSR count). The Morgan fingerprint density at radius 1 is 1.21 bits per heavy atom. The van der Waals surface area contributed by atoms with E-state index in [2.05, 4.69) is 12.2 Å².